The summed E-state index contributed by atoms with van der Waals surface area (Å²) in [6.07, 6.45) is 16.3. The van der Waals surface area contributed by atoms with Crippen LogP contribution in [0.25, 0.3) is 0 Å². The Bertz CT molecular complexity index is 727. The van der Waals surface area contributed by atoms with E-state index >= 15 is 0 Å². The van der Waals surface area contributed by atoms with Crippen LogP contribution in [0.15, 0.2) is 54.6 Å². The molecule has 0 aliphatic carbocycles. The van der Waals surface area contributed by atoms with Gasteiger partial charge in [-0.15, -0.1) is 0 Å². The van der Waals surface area contributed by atoms with E-state index in [1.807, 2.05) is 30.3 Å². The standard InChI is InChI=1S/C29H41IO2/c1-25(23-29(31)32-24-27-17-13-10-14-18-27)15-11-8-6-4-2-3-5-7-9-12-16-26-19-21-28(30)22-20-26/h10,13-14,17-22,25H,2-9,11-12,15-16,23-24H2,1H3. The van der Waals surface area contributed by atoms with Crippen LogP contribution in [-0.4, -0.2) is 5.97 Å². The first-order chi connectivity index (χ1) is 15.6. The second-order valence-electron chi connectivity index (χ2n) is 9.16. The van der Waals surface area contributed by atoms with E-state index in [1.165, 1.54) is 79.8 Å². The first kappa shape index (κ1) is 26.9. The van der Waals surface area contributed by atoms with Crippen LogP contribution in [0.3, 0.4) is 0 Å². The zero-order valence-electron chi connectivity index (χ0n) is 19.9. The van der Waals surface area contributed by atoms with Gasteiger partial charge in [0.05, 0.1) is 0 Å². The SMILES string of the molecule is CC(CCCCCCCCCCCCc1ccc(I)cc1)CC(=O)OCc1ccccc1. The van der Waals surface area contributed by atoms with Gasteiger partial charge >= 0.3 is 5.97 Å². The number of rotatable bonds is 17. The second-order valence-corrected chi connectivity index (χ2v) is 10.4. The second kappa shape index (κ2) is 17.2. The molecule has 0 spiro atoms. The largest absolute Gasteiger partial charge is 0.461 e. The van der Waals surface area contributed by atoms with Crippen LogP contribution in [0.5, 0.6) is 0 Å². The van der Waals surface area contributed by atoms with Crippen LogP contribution in [0, 0.1) is 9.49 Å². The van der Waals surface area contributed by atoms with E-state index < -0.39 is 0 Å². The van der Waals surface area contributed by atoms with Crippen molar-refractivity contribution >= 4 is 28.6 Å². The summed E-state index contributed by atoms with van der Waals surface area (Å²) in [6, 6.07) is 18.8. The number of carbonyl (C=O) groups is 1. The first-order valence-electron chi connectivity index (χ1n) is 12.6. The number of hydrogen-bond acceptors (Lipinski definition) is 2. The van der Waals surface area contributed by atoms with Crippen LogP contribution in [0.4, 0.5) is 0 Å². The summed E-state index contributed by atoms with van der Waals surface area (Å²) >= 11 is 2.36. The van der Waals surface area contributed by atoms with Gasteiger partial charge in [0.2, 0.25) is 0 Å². The minimum atomic E-state index is -0.0695. The lowest BCUT2D eigenvalue weighted by Crippen LogP contribution is -2.09. The molecule has 176 valence electrons. The van der Waals surface area contributed by atoms with Crippen molar-refractivity contribution in [2.45, 2.75) is 97.0 Å². The lowest BCUT2D eigenvalue weighted by Gasteiger charge is -2.11. The van der Waals surface area contributed by atoms with E-state index in [9.17, 15) is 4.79 Å². The number of hydrogen-bond donors (Lipinski definition) is 0. The van der Waals surface area contributed by atoms with Crippen molar-refractivity contribution in [1.82, 2.24) is 0 Å². The maximum absolute atomic E-state index is 12.0. The summed E-state index contributed by atoms with van der Waals surface area (Å²) in [5.74, 6) is 0.345. The molecule has 1 atom stereocenters. The highest BCUT2D eigenvalue weighted by Gasteiger charge is 2.10. The molecule has 2 aromatic carbocycles. The molecule has 0 saturated carbocycles. The third kappa shape index (κ3) is 13.2. The molecule has 0 saturated heterocycles. The van der Waals surface area contributed by atoms with E-state index in [0.29, 0.717) is 18.9 Å². The Morgan fingerprint density at radius 2 is 1.31 bits per heavy atom. The van der Waals surface area contributed by atoms with Crippen LogP contribution in [0.2, 0.25) is 0 Å². The van der Waals surface area contributed by atoms with Crippen LogP contribution in [0.1, 0.15) is 95.1 Å². The van der Waals surface area contributed by atoms with E-state index in [0.717, 1.165) is 12.0 Å². The van der Waals surface area contributed by atoms with Crippen LogP contribution >= 0.6 is 22.6 Å². The number of halogens is 1. The highest BCUT2D eigenvalue weighted by atomic mass is 127. The van der Waals surface area contributed by atoms with Crippen LogP contribution < -0.4 is 0 Å². The molecule has 2 nitrogen and oxygen atoms in total. The summed E-state index contributed by atoms with van der Waals surface area (Å²) in [6.45, 7) is 2.56. The number of aryl methyl sites for hydroxylation is 1. The van der Waals surface area contributed by atoms with Crippen LogP contribution in [-0.2, 0) is 22.6 Å². The fourth-order valence-electron chi connectivity index (χ4n) is 4.07. The zero-order chi connectivity index (χ0) is 22.9. The smallest absolute Gasteiger partial charge is 0.306 e. The lowest BCUT2D eigenvalue weighted by atomic mass is 9.98. The molecule has 1 unspecified atom stereocenters. The Labute approximate surface area is 209 Å². The number of benzene rings is 2. The number of esters is 1. The molecule has 0 aliphatic rings. The topological polar surface area (TPSA) is 26.3 Å². The van der Waals surface area contributed by atoms with Gasteiger partial charge < -0.3 is 4.74 Å². The van der Waals surface area contributed by atoms with Gasteiger partial charge in [-0.3, -0.25) is 4.79 Å². The fourth-order valence-corrected chi connectivity index (χ4v) is 4.43. The van der Waals surface area contributed by atoms with Crippen molar-refractivity contribution < 1.29 is 9.53 Å². The predicted molar refractivity (Wildman–Crippen MR) is 144 cm³/mol. The lowest BCUT2D eigenvalue weighted by molar-refractivity contribution is -0.146. The van der Waals surface area contributed by atoms with Gasteiger partial charge in [0.15, 0.2) is 0 Å². The van der Waals surface area contributed by atoms with E-state index in [2.05, 4.69) is 53.8 Å². The molecular weight excluding hydrogens is 507 g/mol. The maximum Gasteiger partial charge on any atom is 0.306 e. The molecule has 0 heterocycles. The minimum Gasteiger partial charge on any atom is -0.461 e. The zero-order valence-corrected chi connectivity index (χ0v) is 22.0. The average molecular weight is 549 g/mol. The Hall–Kier alpha value is -1.36. The molecule has 0 bridgehead atoms. The molecule has 2 rings (SSSR count). The Morgan fingerprint density at radius 1 is 0.750 bits per heavy atom. The molecule has 0 N–H and O–H groups in total. The summed E-state index contributed by atoms with van der Waals surface area (Å²) in [5.41, 5.74) is 2.53. The molecule has 2 aromatic rings. The van der Waals surface area contributed by atoms with Crippen molar-refractivity contribution in [2.75, 3.05) is 0 Å². The van der Waals surface area contributed by atoms with Crippen molar-refractivity contribution in [2.24, 2.45) is 5.92 Å². The molecule has 0 radical (unpaired) electrons. The average Bonchev–Trinajstić information content (AvgIpc) is 2.80. The van der Waals surface area contributed by atoms with Gasteiger partial charge in [0.1, 0.15) is 6.61 Å². The number of carbonyl (C=O) groups excluding carboxylic acids is 1. The molecule has 0 aromatic heterocycles. The van der Waals surface area contributed by atoms with E-state index in [1.54, 1.807) is 0 Å². The third-order valence-corrected chi connectivity index (χ3v) is 6.80. The number of ether oxygens (including phenoxy) is 1. The van der Waals surface area contributed by atoms with Crippen molar-refractivity contribution in [3.63, 3.8) is 0 Å². The number of unbranched alkanes of at least 4 members (excludes halogenated alkanes) is 9. The monoisotopic (exact) mass is 548 g/mol. The molecule has 0 fully saturated rings. The van der Waals surface area contributed by atoms with Crippen molar-refractivity contribution in [3.8, 4) is 0 Å². The Balaban J connectivity index is 1.34. The molecule has 0 amide bonds. The fraction of sp³-hybridized carbons (Fsp3) is 0.552. The summed E-state index contributed by atoms with van der Waals surface area (Å²) in [7, 11) is 0. The first-order valence-corrected chi connectivity index (χ1v) is 13.7. The molecule has 32 heavy (non-hydrogen) atoms. The van der Waals surface area contributed by atoms with E-state index in [-0.39, 0.29) is 5.97 Å². The summed E-state index contributed by atoms with van der Waals surface area (Å²) < 4.78 is 6.71. The summed E-state index contributed by atoms with van der Waals surface area (Å²) in [4.78, 5) is 12.0. The molecule has 3 heteroatoms. The Kier molecular flexibility index (Phi) is 14.4. The molecule has 0 aliphatic heterocycles. The highest BCUT2D eigenvalue weighted by molar-refractivity contribution is 14.1. The van der Waals surface area contributed by atoms with Crippen molar-refractivity contribution in [1.29, 1.82) is 0 Å². The maximum atomic E-state index is 12.0. The van der Waals surface area contributed by atoms with Gasteiger partial charge in [0, 0.05) is 9.99 Å². The van der Waals surface area contributed by atoms with Gasteiger partial charge in [-0.25, -0.2) is 0 Å². The quantitative estimate of drug-likeness (QED) is 0.112. The third-order valence-electron chi connectivity index (χ3n) is 6.08. The van der Waals surface area contributed by atoms with Gasteiger partial charge in [-0.1, -0.05) is 114 Å². The van der Waals surface area contributed by atoms with Gasteiger partial charge in [-0.05, 0) is 64.6 Å². The van der Waals surface area contributed by atoms with Gasteiger partial charge in [-0.2, -0.15) is 0 Å². The summed E-state index contributed by atoms with van der Waals surface area (Å²) in [5, 5.41) is 0. The normalized spacial score (nSPS) is 11.9. The minimum absolute atomic E-state index is 0.0695. The Morgan fingerprint density at radius 3 is 1.94 bits per heavy atom. The van der Waals surface area contributed by atoms with Crippen molar-refractivity contribution in [3.05, 3.63) is 69.3 Å². The van der Waals surface area contributed by atoms with E-state index in [4.69, 9.17) is 4.74 Å². The molecular formula is C29H41IO2. The highest BCUT2D eigenvalue weighted by Crippen LogP contribution is 2.17. The predicted octanol–water partition coefficient (Wildman–Crippen LogP) is 8.89. The van der Waals surface area contributed by atoms with Gasteiger partial charge in [0.25, 0.3) is 0 Å².